The molecule has 1 heterocycles. The van der Waals surface area contributed by atoms with Crippen molar-refractivity contribution in [2.45, 2.75) is 13.1 Å². The number of nitrogens with two attached hydrogens (primary N) is 2. The summed E-state index contributed by atoms with van der Waals surface area (Å²) in [5.74, 6) is 1.25. The number of carbonyl (C=O) groups excluding carboxylic acids is 1. The van der Waals surface area contributed by atoms with Gasteiger partial charge in [-0.2, -0.15) is 4.99 Å². The molecule has 4 N–H and O–H groups in total. The molecule has 0 spiro atoms. The fourth-order valence-corrected chi connectivity index (χ4v) is 4.30. The molecule has 0 radical (unpaired) electrons. The number of amides is 1. The van der Waals surface area contributed by atoms with E-state index in [-0.39, 0.29) is 5.96 Å². The lowest BCUT2D eigenvalue weighted by Crippen LogP contribution is -2.45. The molecule has 0 saturated carbocycles. The normalized spacial score (nSPS) is 14.5. The van der Waals surface area contributed by atoms with Crippen LogP contribution in [-0.4, -0.2) is 69.2 Å². The largest absolute Gasteiger partial charge is 0.493 e. The molecule has 1 fully saturated rings. The van der Waals surface area contributed by atoms with Gasteiger partial charge in [0.2, 0.25) is 5.75 Å². The van der Waals surface area contributed by atoms with Crippen molar-refractivity contribution in [3.63, 3.8) is 0 Å². The van der Waals surface area contributed by atoms with Gasteiger partial charge in [-0.15, -0.1) is 0 Å². The van der Waals surface area contributed by atoms with Gasteiger partial charge in [-0.3, -0.25) is 14.6 Å². The molecule has 2 aromatic carbocycles. The maximum Gasteiger partial charge on any atom is 0.280 e. The van der Waals surface area contributed by atoms with Gasteiger partial charge in [-0.1, -0.05) is 28.1 Å². The first kappa shape index (κ1) is 24.8. The number of benzene rings is 2. The molecular weight excluding hydrogens is 490 g/mol. The predicted molar refractivity (Wildman–Crippen MR) is 131 cm³/mol. The molecule has 178 valence electrons. The monoisotopic (exact) mass is 519 g/mol. The molecule has 0 aromatic heterocycles. The number of hydrogen-bond donors (Lipinski definition) is 2. The third-order valence-corrected chi connectivity index (χ3v) is 6.06. The van der Waals surface area contributed by atoms with E-state index in [1.807, 2.05) is 24.3 Å². The van der Waals surface area contributed by atoms with E-state index in [1.165, 1.54) is 0 Å². The minimum absolute atomic E-state index is 0.245. The standard InChI is InChI=1S/C23H30BrN5O4/c1-31-19-7-5-16(20(32-2)21(19)33-3)14-29-10-8-28(9-11-29)13-15-4-6-17(24)12-18(15)22(30)27-23(25)26/h4-7,12H,8-11,13-14H2,1-3H3,(H4,25,26,27,30). The summed E-state index contributed by atoms with van der Waals surface area (Å²) < 4.78 is 17.3. The second-order valence-corrected chi connectivity index (χ2v) is 8.60. The molecule has 2 aromatic rings. The molecule has 1 aliphatic heterocycles. The minimum atomic E-state index is -0.439. The molecule has 0 atom stereocenters. The summed E-state index contributed by atoms with van der Waals surface area (Å²) in [5, 5.41) is 0. The average Bonchev–Trinajstić information content (AvgIpc) is 2.80. The van der Waals surface area contributed by atoms with E-state index >= 15 is 0 Å². The van der Waals surface area contributed by atoms with Crippen LogP contribution in [-0.2, 0) is 13.1 Å². The van der Waals surface area contributed by atoms with E-state index in [0.29, 0.717) is 29.4 Å². The first-order chi connectivity index (χ1) is 15.9. The van der Waals surface area contributed by atoms with Crippen LogP contribution < -0.4 is 25.7 Å². The Kier molecular flexibility index (Phi) is 8.54. The summed E-state index contributed by atoms with van der Waals surface area (Å²) in [4.78, 5) is 20.8. The Morgan fingerprint density at radius 2 is 1.48 bits per heavy atom. The van der Waals surface area contributed by atoms with Gasteiger partial charge in [0.25, 0.3) is 5.91 Å². The fourth-order valence-electron chi connectivity index (χ4n) is 3.94. The molecule has 9 nitrogen and oxygen atoms in total. The Hall–Kier alpha value is -2.82. The summed E-state index contributed by atoms with van der Waals surface area (Å²) in [6, 6.07) is 9.51. The Morgan fingerprint density at radius 3 is 2.03 bits per heavy atom. The zero-order valence-corrected chi connectivity index (χ0v) is 20.7. The van der Waals surface area contributed by atoms with E-state index in [1.54, 1.807) is 27.4 Å². The van der Waals surface area contributed by atoms with Crippen molar-refractivity contribution in [2.24, 2.45) is 16.5 Å². The number of nitrogens with zero attached hydrogens (tertiary/aromatic N) is 3. The van der Waals surface area contributed by atoms with E-state index in [0.717, 1.165) is 48.3 Å². The number of methoxy groups -OCH3 is 3. The SMILES string of the molecule is COc1ccc(CN2CCN(Cc3ccc(Br)cc3C(=O)N=C(N)N)CC2)c(OC)c1OC. The van der Waals surface area contributed by atoms with Crippen molar-refractivity contribution in [3.8, 4) is 17.2 Å². The van der Waals surface area contributed by atoms with Crippen LogP contribution >= 0.6 is 15.9 Å². The van der Waals surface area contributed by atoms with E-state index in [2.05, 4.69) is 30.7 Å². The highest BCUT2D eigenvalue weighted by molar-refractivity contribution is 9.10. The van der Waals surface area contributed by atoms with Crippen LogP contribution in [0.5, 0.6) is 17.2 Å². The van der Waals surface area contributed by atoms with Crippen LogP contribution in [0.3, 0.4) is 0 Å². The van der Waals surface area contributed by atoms with Gasteiger partial charge < -0.3 is 25.7 Å². The van der Waals surface area contributed by atoms with Gasteiger partial charge in [-0.25, -0.2) is 0 Å². The van der Waals surface area contributed by atoms with E-state index in [4.69, 9.17) is 25.7 Å². The molecule has 33 heavy (non-hydrogen) atoms. The maximum absolute atomic E-state index is 12.5. The maximum atomic E-state index is 12.5. The van der Waals surface area contributed by atoms with Crippen LogP contribution in [0.4, 0.5) is 0 Å². The molecule has 0 bridgehead atoms. The van der Waals surface area contributed by atoms with E-state index < -0.39 is 5.91 Å². The minimum Gasteiger partial charge on any atom is -0.493 e. The quantitative estimate of drug-likeness (QED) is 0.402. The number of piperazine rings is 1. The zero-order valence-electron chi connectivity index (χ0n) is 19.1. The Bertz CT molecular complexity index is 1020. The number of aliphatic imine (C=N–C) groups is 1. The van der Waals surface area contributed by atoms with Gasteiger partial charge in [0, 0.05) is 54.9 Å². The molecule has 1 amide bonds. The van der Waals surface area contributed by atoms with Crippen LogP contribution in [0.1, 0.15) is 21.5 Å². The second-order valence-electron chi connectivity index (χ2n) is 7.69. The first-order valence-electron chi connectivity index (χ1n) is 10.5. The number of rotatable bonds is 8. The van der Waals surface area contributed by atoms with Gasteiger partial charge in [-0.05, 0) is 23.8 Å². The van der Waals surface area contributed by atoms with Crippen molar-refractivity contribution in [1.82, 2.24) is 9.80 Å². The van der Waals surface area contributed by atoms with Gasteiger partial charge in [0.05, 0.1) is 21.3 Å². The highest BCUT2D eigenvalue weighted by Gasteiger charge is 2.22. The molecule has 0 aliphatic carbocycles. The van der Waals surface area contributed by atoms with Crippen LogP contribution in [0.2, 0.25) is 0 Å². The second kappa shape index (κ2) is 11.4. The Morgan fingerprint density at radius 1 is 0.909 bits per heavy atom. The predicted octanol–water partition coefficient (Wildman–Crippen LogP) is 2.21. The smallest absolute Gasteiger partial charge is 0.280 e. The third kappa shape index (κ3) is 6.16. The van der Waals surface area contributed by atoms with Crippen molar-refractivity contribution in [1.29, 1.82) is 0 Å². The summed E-state index contributed by atoms with van der Waals surface area (Å²) in [5.41, 5.74) is 13.2. The number of carbonyl (C=O) groups is 1. The van der Waals surface area contributed by atoms with Gasteiger partial charge in [0.15, 0.2) is 17.5 Å². The number of ether oxygens (including phenoxy) is 3. The van der Waals surface area contributed by atoms with Gasteiger partial charge >= 0.3 is 0 Å². The van der Waals surface area contributed by atoms with Crippen molar-refractivity contribution in [2.75, 3.05) is 47.5 Å². The summed E-state index contributed by atoms with van der Waals surface area (Å²) >= 11 is 3.42. The lowest BCUT2D eigenvalue weighted by atomic mass is 10.1. The third-order valence-electron chi connectivity index (χ3n) is 5.57. The molecule has 1 saturated heterocycles. The molecule has 10 heteroatoms. The molecular formula is C23H30BrN5O4. The first-order valence-corrected chi connectivity index (χ1v) is 11.3. The summed E-state index contributed by atoms with van der Waals surface area (Å²) in [7, 11) is 4.85. The zero-order chi connectivity index (χ0) is 24.0. The Balaban J connectivity index is 1.66. The van der Waals surface area contributed by atoms with E-state index in [9.17, 15) is 4.79 Å². The highest BCUT2D eigenvalue weighted by Crippen LogP contribution is 2.40. The summed E-state index contributed by atoms with van der Waals surface area (Å²) in [6.07, 6.45) is 0. The highest BCUT2D eigenvalue weighted by atomic mass is 79.9. The van der Waals surface area contributed by atoms with Crippen molar-refractivity contribution < 1.29 is 19.0 Å². The lowest BCUT2D eigenvalue weighted by molar-refractivity contribution is 0.0996. The number of guanidine groups is 1. The van der Waals surface area contributed by atoms with Gasteiger partial charge in [0.1, 0.15) is 0 Å². The molecule has 1 aliphatic rings. The van der Waals surface area contributed by atoms with Crippen LogP contribution in [0.15, 0.2) is 39.8 Å². The lowest BCUT2D eigenvalue weighted by Gasteiger charge is -2.35. The molecule has 0 unspecified atom stereocenters. The molecule has 3 rings (SSSR count). The van der Waals surface area contributed by atoms with Crippen molar-refractivity contribution >= 4 is 27.8 Å². The summed E-state index contributed by atoms with van der Waals surface area (Å²) in [6.45, 7) is 4.87. The average molecular weight is 520 g/mol. The van der Waals surface area contributed by atoms with Crippen LogP contribution in [0, 0.1) is 0 Å². The fraction of sp³-hybridized carbons (Fsp3) is 0.391. The number of halogens is 1. The van der Waals surface area contributed by atoms with Crippen molar-refractivity contribution in [3.05, 3.63) is 51.5 Å². The Labute approximate surface area is 202 Å². The van der Waals surface area contributed by atoms with Crippen LogP contribution in [0.25, 0.3) is 0 Å². The topological polar surface area (TPSA) is 116 Å². The number of hydrogen-bond acceptors (Lipinski definition) is 6.